The van der Waals surface area contributed by atoms with Gasteiger partial charge in [0.15, 0.2) is 17.4 Å². The molecule has 1 aromatic heterocycles. The number of ether oxygens (including phenoxy) is 1. The van der Waals surface area contributed by atoms with E-state index >= 15 is 0 Å². The summed E-state index contributed by atoms with van der Waals surface area (Å²) in [6, 6.07) is 4.03. The molecule has 0 bridgehead atoms. The molecule has 0 radical (unpaired) electrons. The van der Waals surface area contributed by atoms with Crippen LogP contribution in [0.3, 0.4) is 0 Å². The summed E-state index contributed by atoms with van der Waals surface area (Å²) < 4.78 is 57.0. The third-order valence-corrected chi connectivity index (χ3v) is 4.69. The fourth-order valence-electron chi connectivity index (χ4n) is 2.92. The number of hydrogen-bond acceptors (Lipinski definition) is 4. The highest BCUT2D eigenvalue weighted by atomic mass is 19.3. The van der Waals surface area contributed by atoms with E-state index in [2.05, 4.69) is 15.0 Å². The van der Waals surface area contributed by atoms with Crippen molar-refractivity contribution >= 4 is 11.7 Å². The minimum absolute atomic E-state index is 0.0849. The Kier molecular flexibility index (Phi) is 6.69. The van der Waals surface area contributed by atoms with Gasteiger partial charge in [-0.3, -0.25) is 14.6 Å². The average molecular weight is 424 g/mol. The molecule has 1 aliphatic rings. The number of nitrogens with one attached hydrogen (secondary N) is 1. The van der Waals surface area contributed by atoms with Gasteiger partial charge >= 0.3 is 0 Å². The Hall–Kier alpha value is -2.97. The van der Waals surface area contributed by atoms with Gasteiger partial charge in [0, 0.05) is 29.8 Å². The van der Waals surface area contributed by atoms with Crippen LogP contribution in [0.15, 0.2) is 30.5 Å². The lowest BCUT2D eigenvalue weighted by Crippen LogP contribution is -2.27. The lowest BCUT2D eigenvalue weighted by Gasteiger charge is -2.16. The number of nitrogens with zero attached hydrogens (tertiary/aromatic N) is 1. The zero-order valence-corrected chi connectivity index (χ0v) is 16.1. The highest BCUT2D eigenvalue weighted by Gasteiger charge is 2.29. The SMILES string of the molecule is CC(NC(=O)c1ccnc(CC(=O)C2CC2)c1)c1cc(F)c(OCC(F)F)c(F)c1. The molecule has 0 saturated heterocycles. The number of hydrogen-bond donors (Lipinski definition) is 1. The lowest BCUT2D eigenvalue weighted by molar-refractivity contribution is -0.119. The van der Waals surface area contributed by atoms with Gasteiger partial charge in [0.05, 0.1) is 6.04 Å². The molecule has 30 heavy (non-hydrogen) atoms. The molecule has 9 heteroatoms. The Morgan fingerprint density at radius 3 is 2.47 bits per heavy atom. The van der Waals surface area contributed by atoms with Gasteiger partial charge < -0.3 is 10.1 Å². The number of carbonyl (C=O) groups is 2. The van der Waals surface area contributed by atoms with Crippen molar-refractivity contribution in [2.24, 2.45) is 5.92 Å². The summed E-state index contributed by atoms with van der Waals surface area (Å²) in [7, 11) is 0. The smallest absolute Gasteiger partial charge is 0.272 e. The number of aromatic nitrogens is 1. The molecule has 2 aromatic rings. The van der Waals surface area contributed by atoms with Crippen molar-refractivity contribution in [2.75, 3.05) is 6.61 Å². The van der Waals surface area contributed by atoms with E-state index in [0.717, 1.165) is 25.0 Å². The van der Waals surface area contributed by atoms with E-state index in [0.29, 0.717) is 5.69 Å². The second-order valence-electron chi connectivity index (χ2n) is 7.16. The fourth-order valence-corrected chi connectivity index (χ4v) is 2.92. The molecular formula is C21H20F4N2O3. The minimum atomic E-state index is -2.87. The molecule has 160 valence electrons. The number of pyridine rings is 1. The van der Waals surface area contributed by atoms with Crippen LogP contribution in [0.1, 0.15) is 47.4 Å². The van der Waals surface area contributed by atoms with Gasteiger partial charge in [-0.1, -0.05) is 0 Å². The van der Waals surface area contributed by atoms with Gasteiger partial charge in [-0.05, 0) is 49.6 Å². The van der Waals surface area contributed by atoms with Crippen molar-refractivity contribution in [3.63, 3.8) is 0 Å². The first-order valence-electron chi connectivity index (χ1n) is 9.43. The van der Waals surface area contributed by atoms with Crippen LogP contribution in [0.25, 0.3) is 0 Å². The molecule has 1 N–H and O–H groups in total. The minimum Gasteiger partial charge on any atom is -0.482 e. The standard InChI is InChI=1S/C21H20F4N2O3/c1-11(14-7-16(22)20(17(23)8-14)30-10-19(24)25)27-21(29)13-4-5-26-15(6-13)9-18(28)12-2-3-12/h4-8,11-12,19H,2-3,9-10H2,1H3,(H,27,29). The molecule has 3 rings (SSSR count). The monoisotopic (exact) mass is 424 g/mol. The van der Waals surface area contributed by atoms with Gasteiger partial charge in [-0.2, -0.15) is 0 Å². The number of benzene rings is 1. The van der Waals surface area contributed by atoms with Crippen molar-refractivity contribution in [1.29, 1.82) is 0 Å². The molecular weight excluding hydrogens is 404 g/mol. The Balaban J connectivity index is 1.67. The van der Waals surface area contributed by atoms with Crippen molar-refractivity contribution in [3.05, 3.63) is 58.9 Å². The third kappa shape index (κ3) is 5.55. The summed E-state index contributed by atoms with van der Waals surface area (Å²) in [5, 5.41) is 2.61. The molecule has 1 aromatic carbocycles. The highest BCUT2D eigenvalue weighted by Crippen LogP contribution is 2.31. The Labute approximate surface area is 170 Å². The average Bonchev–Trinajstić information content (AvgIpc) is 3.52. The number of amides is 1. The van der Waals surface area contributed by atoms with E-state index in [4.69, 9.17) is 0 Å². The maximum atomic E-state index is 14.1. The predicted molar refractivity (Wildman–Crippen MR) is 99.4 cm³/mol. The van der Waals surface area contributed by atoms with Gasteiger partial charge in [-0.25, -0.2) is 17.6 Å². The van der Waals surface area contributed by atoms with E-state index in [1.807, 2.05) is 0 Å². The molecule has 1 fully saturated rings. The first kappa shape index (κ1) is 21.7. The summed E-state index contributed by atoms with van der Waals surface area (Å²) in [4.78, 5) is 28.5. The number of rotatable bonds is 9. The Morgan fingerprint density at radius 1 is 1.20 bits per heavy atom. The highest BCUT2D eigenvalue weighted by molar-refractivity contribution is 5.94. The zero-order chi connectivity index (χ0) is 21.8. The van der Waals surface area contributed by atoms with Crippen LogP contribution in [0.2, 0.25) is 0 Å². The maximum absolute atomic E-state index is 14.1. The molecule has 1 atom stereocenters. The Morgan fingerprint density at radius 2 is 1.87 bits per heavy atom. The van der Waals surface area contributed by atoms with Crippen molar-refractivity contribution < 1.29 is 31.9 Å². The molecule has 1 unspecified atom stereocenters. The van der Waals surface area contributed by atoms with E-state index in [1.165, 1.54) is 25.3 Å². The summed E-state index contributed by atoms with van der Waals surface area (Å²) >= 11 is 0. The predicted octanol–water partition coefficient (Wildman–Crippen LogP) is 4.02. The number of Topliss-reactive ketones (excluding diaryl/α,β-unsaturated/α-hetero) is 1. The topological polar surface area (TPSA) is 68.3 Å². The van der Waals surface area contributed by atoms with Crippen LogP contribution >= 0.6 is 0 Å². The van der Waals surface area contributed by atoms with Crippen molar-refractivity contribution in [1.82, 2.24) is 10.3 Å². The summed E-state index contributed by atoms with van der Waals surface area (Å²) in [5.74, 6) is -3.51. The molecule has 0 aliphatic heterocycles. The van der Waals surface area contributed by atoms with Crippen LogP contribution in [-0.2, 0) is 11.2 Å². The number of alkyl halides is 2. The van der Waals surface area contributed by atoms with E-state index in [1.54, 1.807) is 0 Å². The number of carbonyl (C=O) groups excluding carboxylic acids is 2. The quantitative estimate of drug-likeness (QED) is 0.618. The number of ketones is 1. The summed E-state index contributed by atoms with van der Waals surface area (Å²) in [6.45, 7) is 0.387. The first-order chi connectivity index (χ1) is 14.2. The maximum Gasteiger partial charge on any atom is 0.272 e. The zero-order valence-electron chi connectivity index (χ0n) is 16.1. The van der Waals surface area contributed by atoms with Gasteiger partial charge in [0.2, 0.25) is 0 Å². The van der Waals surface area contributed by atoms with Gasteiger partial charge in [0.25, 0.3) is 12.3 Å². The van der Waals surface area contributed by atoms with Crippen LogP contribution in [0.5, 0.6) is 5.75 Å². The van der Waals surface area contributed by atoms with Crippen molar-refractivity contribution in [3.8, 4) is 5.75 Å². The summed E-state index contributed by atoms with van der Waals surface area (Å²) in [6.07, 6.45) is 0.471. The van der Waals surface area contributed by atoms with Crippen LogP contribution < -0.4 is 10.1 Å². The van der Waals surface area contributed by atoms with E-state index in [9.17, 15) is 27.2 Å². The second-order valence-corrected chi connectivity index (χ2v) is 7.16. The molecule has 1 saturated carbocycles. The van der Waals surface area contributed by atoms with Gasteiger partial charge in [0.1, 0.15) is 12.4 Å². The summed E-state index contributed by atoms with van der Waals surface area (Å²) in [5.41, 5.74) is 0.832. The molecule has 1 aliphatic carbocycles. The third-order valence-electron chi connectivity index (χ3n) is 4.69. The largest absolute Gasteiger partial charge is 0.482 e. The molecule has 5 nitrogen and oxygen atoms in total. The van der Waals surface area contributed by atoms with Crippen LogP contribution in [-0.4, -0.2) is 29.7 Å². The lowest BCUT2D eigenvalue weighted by atomic mass is 10.1. The van der Waals surface area contributed by atoms with Crippen LogP contribution in [0.4, 0.5) is 17.6 Å². The fraction of sp³-hybridized carbons (Fsp3) is 0.381. The second kappa shape index (κ2) is 9.23. The molecule has 1 amide bonds. The van der Waals surface area contributed by atoms with Crippen molar-refractivity contribution in [2.45, 2.75) is 38.7 Å². The van der Waals surface area contributed by atoms with E-state index < -0.39 is 42.4 Å². The molecule has 0 spiro atoms. The number of halogens is 4. The van der Waals surface area contributed by atoms with Gasteiger partial charge in [-0.15, -0.1) is 0 Å². The van der Waals surface area contributed by atoms with E-state index in [-0.39, 0.29) is 29.2 Å². The Bertz CT molecular complexity index is 925. The van der Waals surface area contributed by atoms with Crippen LogP contribution in [0, 0.1) is 17.6 Å². The first-order valence-corrected chi connectivity index (χ1v) is 9.43. The molecule has 1 heterocycles. The normalized spacial score (nSPS) is 14.5.